The maximum Gasteiger partial charge on any atom is 0.130 e. The Kier molecular flexibility index (Phi) is 4.66. The van der Waals surface area contributed by atoms with Gasteiger partial charge in [0.05, 0.1) is 17.6 Å². The number of aromatic hydroxyl groups is 1. The first kappa shape index (κ1) is 18.4. The van der Waals surface area contributed by atoms with Gasteiger partial charge < -0.3 is 14.7 Å². The molecule has 0 bridgehead atoms. The van der Waals surface area contributed by atoms with E-state index in [1.54, 1.807) is 12.4 Å². The lowest BCUT2D eigenvalue weighted by Crippen LogP contribution is -2.45. The van der Waals surface area contributed by atoms with E-state index < -0.39 is 0 Å². The van der Waals surface area contributed by atoms with Gasteiger partial charge in [-0.05, 0) is 50.3 Å². The van der Waals surface area contributed by atoms with Crippen LogP contribution in [0.5, 0.6) is 5.75 Å². The molecule has 1 fully saturated rings. The molecule has 29 heavy (non-hydrogen) atoms. The lowest BCUT2D eigenvalue weighted by Gasteiger charge is -2.37. The Morgan fingerprint density at radius 1 is 1.28 bits per heavy atom. The Morgan fingerprint density at radius 3 is 2.97 bits per heavy atom. The first-order valence-electron chi connectivity index (χ1n) is 10.8. The summed E-state index contributed by atoms with van der Waals surface area (Å²) in [4.78, 5) is 15.1. The number of phenolic OH excluding ortho intramolecular Hbond substituents is 1. The standard InChI is InChI=1S/C23H29N5O/c1-2-6-17-13-23(17)22-26-20(19-8-3-4-9-21(19)29)15-27(22)11-12-28(23)10-5-7-18-14-24-16-25-18/h3-4,8-9,14-17,29H,2,5-7,10-13H2,1H3,(H,24,25). The fraction of sp³-hybridized carbons (Fsp3) is 0.478. The minimum Gasteiger partial charge on any atom is -0.507 e. The van der Waals surface area contributed by atoms with Crippen LogP contribution in [-0.2, 0) is 18.5 Å². The molecule has 6 heteroatoms. The molecular weight excluding hydrogens is 362 g/mol. The van der Waals surface area contributed by atoms with E-state index in [-0.39, 0.29) is 5.54 Å². The largest absolute Gasteiger partial charge is 0.507 e. The van der Waals surface area contributed by atoms with Crippen molar-refractivity contribution in [1.82, 2.24) is 24.4 Å². The first-order valence-corrected chi connectivity index (χ1v) is 10.8. The summed E-state index contributed by atoms with van der Waals surface area (Å²) in [5.74, 6) is 2.18. The second-order valence-corrected chi connectivity index (χ2v) is 8.44. The van der Waals surface area contributed by atoms with E-state index in [0.29, 0.717) is 11.7 Å². The van der Waals surface area contributed by atoms with Gasteiger partial charge in [0.2, 0.25) is 0 Å². The topological polar surface area (TPSA) is 70.0 Å². The van der Waals surface area contributed by atoms with Crippen LogP contribution in [0.15, 0.2) is 43.0 Å². The van der Waals surface area contributed by atoms with Crippen molar-refractivity contribution in [2.75, 3.05) is 13.1 Å². The van der Waals surface area contributed by atoms with Crippen molar-refractivity contribution in [2.24, 2.45) is 5.92 Å². The van der Waals surface area contributed by atoms with Crippen LogP contribution in [0.25, 0.3) is 11.3 Å². The fourth-order valence-corrected chi connectivity index (χ4v) is 5.18. The third-order valence-electron chi connectivity index (χ3n) is 6.66. The molecule has 1 saturated carbocycles. The van der Waals surface area contributed by atoms with E-state index in [0.717, 1.165) is 43.7 Å². The molecule has 0 saturated heterocycles. The van der Waals surface area contributed by atoms with Crippen LogP contribution in [0.4, 0.5) is 0 Å². The minimum atomic E-state index is 0.0743. The normalized spacial score (nSPS) is 23.4. The summed E-state index contributed by atoms with van der Waals surface area (Å²) in [6.07, 6.45) is 11.6. The van der Waals surface area contributed by atoms with Gasteiger partial charge in [0.1, 0.15) is 11.6 Å². The number of H-pyrrole nitrogens is 1. The fourth-order valence-electron chi connectivity index (χ4n) is 5.18. The summed E-state index contributed by atoms with van der Waals surface area (Å²) < 4.78 is 2.34. The number of hydrogen-bond acceptors (Lipinski definition) is 4. The monoisotopic (exact) mass is 391 g/mol. The number of para-hydroxylation sites is 1. The maximum absolute atomic E-state index is 10.3. The molecule has 5 rings (SSSR count). The zero-order valence-corrected chi connectivity index (χ0v) is 17.0. The van der Waals surface area contributed by atoms with Gasteiger partial charge >= 0.3 is 0 Å². The van der Waals surface area contributed by atoms with Gasteiger partial charge in [-0.3, -0.25) is 4.90 Å². The summed E-state index contributed by atoms with van der Waals surface area (Å²) in [6, 6.07) is 7.51. The molecule has 2 aliphatic rings. The molecule has 0 radical (unpaired) electrons. The Morgan fingerprint density at radius 2 is 2.17 bits per heavy atom. The van der Waals surface area contributed by atoms with Gasteiger partial charge in [0.25, 0.3) is 0 Å². The van der Waals surface area contributed by atoms with Crippen molar-refractivity contribution in [1.29, 1.82) is 0 Å². The number of nitrogens with zero attached hydrogens (tertiary/aromatic N) is 4. The summed E-state index contributed by atoms with van der Waals surface area (Å²) in [6.45, 7) is 5.38. The highest BCUT2D eigenvalue weighted by Gasteiger charge is 2.62. The molecule has 1 aliphatic carbocycles. The maximum atomic E-state index is 10.3. The van der Waals surface area contributed by atoms with E-state index in [2.05, 4.69) is 32.6 Å². The molecule has 6 nitrogen and oxygen atoms in total. The highest BCUT2D eigenvalue weighted by Crippen LogP contribution is 2.59. The van der Waals surface area contributed by atoms with Crippen molar-refractivity contribution < 1.29 is 5.11 Å². The molecule has 3 heterocycles. The number of rotatable bonds is 7. The molecule has 3 aromatic rings. The third kappa shape index (κ3) is 3.15. The first-order chi connectivity index (χ1) is 14.2. The highest BCUT2D eigenvalue weighted by atomic mass is 16.3. The lowest BCUT2D eigenvalue weighted by molar-refractivity contribution is 0.114. The Bertz CT molecular complexity index is 979. The molecule has 1 aromatic carbocycles. The lowest BCUT2D eigenvalue weighted by atomic mass is 10.0. The van der Waals surface area contributed by atoms with E-state index in [9.17, 15) is 5.11 Å². The molecule has 2 aromatic heterocycles. The molecule has 0 amide bonds. The van der Waals surface area contributed by atoms with Crippen LogP contribution >= 0.6 is 0 Å². The summed E-state index contributed by atoms with van der Waals surface area (Å²) >= 11 is 0. The number of fused-ring (bicyclic) bond motifs is 2. The van der Waals surface area contributed by atoms with Crippen LogP contribution < -0.4 is 0 Å². The van der Waals surface area contributed by atoms with Crippen molar-refractivity contribution in [3.05, 3.63) is 54.5 Å². The van der Waals surface area contributed by atoms with Crippen molar-refractivity contribution in [2.45, 2.75) is 51.1 Å². The molecule has 152 valence electrons. The predicted octanol–water partition coefficient (Wildman–Crippen LogP) is 3.94. The van der Waals surface area contributed by atoms with Crippen LogP contribution in [0.1, 0.15) is 44.1 Å². The van der Waals surface area contributed by atoms with E-state index >= 15 is 0 Å². The smallest absolute Gasteiger partial charge is 0.130 e. The number of imidazole rings is 2. The zero-order valence-electron chi connectivity index (χ0n) is 17.0. The quantitative estimate of drug-likeness (QED) is 0.640. The van der Waals surface area contributed by atoms with E-state index in [4.69, 9.17) is 4.98 Å². The number of nitrogens with one attached hydrogen (secondary N) is 1. The van der Waals surface area contributed by atoms with E-state index in [1.807, 2.05) is 24.4 Å². The van der Waals surface area contributed by atoms with Crippen molar-refractivity contribution in [3.8, 4) is 17.0 Å². The molecular formula is C23H29N5O. The van der Waals surface area contributed by atoms with Gasteiger partial charge in [-0.1, -0.05) is 25.5 Å². The van der Waals surface area contributed by atoms with Gasteiger partial charge in [-0.2, -0.15) is 0 Å². The summed E-state index contributed by atoms with van der Waals surface area (Å²) in [5.41, 5.74) is 2.99. The van der Waals surface area contributed by atoms with Crippen LogP contribution in [0, 0.1) is 5.92 Å². The minimum absolute atomic E-state index is 0.0743. The van der Waals surface area contributed by atoms with Gasteiger partial charge in [-0.25, -0.2) is 9.97 Å². The Labute approximate surface area is 171 Å². The molecule has 1 aliphatic heterocycles. The SMILES string of the molecule is CCCC1CC12c1nc(-c3ccccc3O)cn1CCN2CCCc1cnc[nH]1. The van der Waals surface area contributed by atoms with Crippen LogP contribution in [-0.4, -0.2) is 42.6 Å². The number of aryl methyl sites for hydroxylation is 1. The Balaban J connectivity index is 1.42. The number of benzene rings is 1. The molecule has 1 spiro atoms. The van der Waals surface area contributed by atoms with Gasteiger partial charge in [0.15, 0.2) is 0 Å². The molecule has 2 N–H and O–H groups in total. The van der Waals surface area contributed by atoms with E-state index in [1.165, 1.54) is 30.8 Å². The van der Waals surface area contributed by atoms with Gasteiger partial charge in [-0.15, -0.1) is 0 Å². The molecule has 2 atom stereocenters. The van der Waals surface area contributed by atoms with Crippen LogP contribution in [0.3, 0.4) is 0 Å². The number of hydrogen-bond donors (Lipinski definition) is 2. The predicted molar refractivity (Wildman–Crippen MR) is 113 cm³/mol. The molecule has 2 unspecified atom stereocenters. The highest BCUT2D eigenvalue weighted by molar-refractivity contribution is 5.66. The average molecular weight is 392 g/mol. The number of aromatic nitrogens is 4. The second-order valence-electron chi connectivity index (χ2n) is 8.44. The number of aromatic amines is 1. The van der Waals surface area contributed by atoms with Crippen molar-refractivity contribution >= 4 is 0 Å². The van der Waals surface area contributed by atoms with Crippen molar-refractivity contribution in [3.63, 3.8) is 0 Å². The average Bonchev–Trinajstić information content (AvgIpc) is 3.09. The second kappa shape index (κ2) is 7.34. The third-order valence-corrected chi connectivity index (χ3v) is 6.66. The Hall–Kier alpha value is -2.60. The van der Waals surface area contributed by atoms with Gasteiger partial charge in [0, 0.05) is 36.7 Å². The van der Waals surface area contributed by atoms with Crippen LogP contribution in [0.2, 0.25) is 0 Å². The summed E-state index contributed by atoms with van der Waals surface area (Å²) in [7, 11) is 0. The zero-order chi connectivity index (χ0) is 19.8. The number of phenols is 1. The summed E-state index contributed by atoms with van der Waals surface area (Å²) in [5, 5.41) is 10.3.